The molecule has 0 aliphatic rings. The lowest BCUT2D eigenvalue weighted by Crippen LogP contribution is -2.19. The summed E-state index contributed by atoms with van der Waals surface area (Å²) in [5.41, 5.74) is 6.23. The fourth-order valence-corrected chi connectivity index (χ4v) is 2.24. The minimum Gasteiger partial charge on any atom is -0.348 e. The van der Waals surface area contributed by atoms with E-state index in [1.165, 1.54) is 16.7 Å². The van der Waals surface area contributed by atoms with E-state index >= 15 is 0 Å². The van der Waals surface area contributed by atoms with Crippen molar-refractivity contribution in [3.63, 3.8) is 0 Å². The number of aryl methyl sites for hydroxylation is 3. The van der Waals surface area contributed by atoms with Crippen LogP contribution in [0.25, 0.3) is 0 Å². The quantitative estimate of drug-likeness (QED) is 0.866. The van der Waals surface area contributed by atoms with Crippen molar-refractivity contribution >= 4 is 0 Å². The lowest BCUT2D eigenvalue weighted by atomic mass is 10.0. The number of benzene rings is 1. The molecule has 18 heavy (non-hydrogen) atoms. The first kappa shape index (κ1) is 12.8. The second-order valence-corrected chi connectivity index (χ2v) is 4.94. The van der Waals surface area contributed by atoms with Crippen molar-refractivity contribution in [1.82, 2.24) is 15.3 Å². The average Bonchev–Trinajstić information content (AvgIpc) is 2.72. The fraction of sp³-hybridized carbons (Fsp3) is 0.400. The van der Waals surface area contributed by atoms with Crippen LogP contribution in [-0.4, -0.2) is 9.97 Å². The van der Waals surface area contributed by atoms with E-state index in [0.717, 1.165) is 17.9 Å². The molecular weight excluding hydrogens is 222 g/mol. The Labute approximate surface area is 109 Å². The van der Waals surface area contributed by atoms with E-state index in [-0.39, 0.29) is 0 Å². The normalized spacial score (nSPS) is 12.7. The summed E-state index contributed by atoms with van der Waals surface area (Å²) in [5, 5.41) is 3.52. The molecule has 2 N–H and O–H groups in total. The molecule has 0 saturated carbocycles. The predicted molar refractivity (Wildman–Crippen MR) is 74.5 cm³/mol. The van der Waals surface area contributed by atoms with Gasteiger partial charge in [0.25, 0.3) is 0 Å². The Hall–Kier alpha value is -1.61. The lowest BCUT2D eigenvalue weighted by molar-refractivity contribution is 0.565. The molecule has 0 amide bonds. The Morgan fingerprint density at radius 2 is 2.06 bits per heavy atom. The fourth-order valence-electron chi connectivity index (χ4n) is 2.24. The third-order valence-electron chi connectivity index (χ3n) is 3.40. The summed E-state index contributed by atoms with van der Waals surface area (Å²) >= 11 is 0. The van der Waals surface area contributed by atoms with Crippen LogP contribution in [-0.2, 0) is 6.54 Å². The second-order valence-electron chi connectivity index (χ2n) is 4.94. The minimum absolute atomic E-state index is 0.335. The zero-order valence-electron chi connectivity index (χ0n) is 11.5. The summed E-state index contributed by atoms with van der Waals surface area (Å²) in [6.45, 7) is 9.33. The highest BCUT2D eigenvalue weighted by Crippen LogP contribution is 2.19. The molecule has 1 heterocycles. The maximum absolute atomic E-state index is 4.30. The maximum atomic E-state index is 4.30. The van der Waals surface area contributed by atoms with Crippen LogP contribution in [0, 0.1) is 20.8 Å². The smallest absolute Gasteiger partial charge is 0.0925 e. The maximum Gasteiger partial charge on any atom is 0.0925 e. The summed E-state index contributed by atoms with van der Waals surface area (Å²) < 4.78 is 0. The summed E-state index contributed by atoms with van der Waals surface area (Å²) in [6, 6.07) is 6.94. The molecule has 0 bridgehead atoms. The van der Waals surface area contributed by atoms with Gasteiger partial charge in [0, 0.05) is 18.3 Å². The molecule has 0 aliphatic carbocycles. The molecule has 3 nitrogen and oxygen atoms in total. The van der Waals surface area contributed by atoms with Gasteiger partial charge in [0.1, 0.15) is 0 Å². The molecule has 1 aromatic carbocycles. The monoisotopic (exact) mass is 243 g/mol. The molecular formula is C15H21N3. The Bertz CT molecular complexity index is 528. The highest BCUT2D eigenvalue weighted by Gasteiger charge is 2.09. The molecule has 0 saturated heterocycles. The van der Waals surface area contributed by atoms with Crippen molar-refractivity contribution < 1.29 is 0 Å². The van der Waals surface area contributed by atoms with Crippen LogP contribution in [0.2, 0.25) is 0 Å². The molecule has 0 spiro atoms. The Morgan fingerprint density at radius 1 is 1.28 bits per heavy atom. The van der Waals surface area contributed by atoms with Crippen LogP contribution in [0.5, 0.6) is 0 Å². The van der Waals surface area contributed by atoms with Crippen molar-refractivity contribution in [3.8, 4) is 0 Å². The van der Waals surface area contributed by atoms with Crippen LogP contribution >= 0.6 is 0 Å². The Balaban J connectivity index is 2.03. The SMILES string of the molecule is Cc1ccc(C(C)NCc2nc[nH]c2C)c(C)c1. The Kier molecular flexibility index (Phi) is 3.82. The van der Waals surface area contributed by atoms with Crippen molar-refractivity contribution in [2.24, 2.45) is 0 Å². The molecule has 2 rings (SSSR count). The van der Waals surface area contributed by atoms with Gasteiger partial charge in [-0.15, -0.1) is 0 Å². The van der Waals surface area contributed by atoms with Gasteiger partial charge in [-0.05, 0) is 38.8 Å². The van der Waals surface area contributed by atoms with Crippen LogP contribution in [0.1, 0.15) is 41.0 Å². The van der Waals surface area contributed by atoms with E-state index < -0.39 is 0 Å². The number of hydrogen-bond donors (Lipinski definition) is 2. The lowest BCUT2D eigenvalue weighted by Gasteiger charge is -2.16. The largest absolute Gasteiger partial charge is 0.348 e. The first-order valence-electron chi connectivity index (χ1n) is 6.37. The van der Waals surface area contributed by atoms with Gasteiger partial charge in [-0.2, -0.15) is 0 Å². The molecule has 0 radical (unpaired) electrons. The van der Waals surface area contributed by atoms with E-state index in [0.29, 0.717) is 6.04 Å². The number of H-pyrrole nitrogens is 1. The van der Waals surface area contributed by atoms with Gasteiger partial charge >= 0.3 is 0 Å². The first-order chi connectivity index (χ1) is 8.58. The van der Waals surface area contributed by atoms with Crippen LogP contribution < -0.4 is 5.32 Å². The summed E-state index contributed by atoms with van der Waals surface area (Å²) in [4.78, 5) is 7.40. The van der Waals surface area contributed by atoms with Crippen molar-refractivity contribution in [2.75, 3.05) is 0 Å². The predicted octanol–water partition coefficient (Wildman–Crippen LogP) is 3.19. The standard InChI is InChI=1S/C15H21N3/c1-10-5-6-14(11(2)7-10)12(3)16-8-15-13(4)17-9-18-15/h5-7,9,12,16H,8H2,1-4H3,(H,17,18). The molecule has 96 valence electrons. The van der Waals surface area contributed by atoms with Crippen LogP contribution in [0.15, 0.2) is 24.5 Å². The molecule has 2 aromatic rings. The van der Waals surface area contributed by atoms with Gasteiger partial charge in [-0.3, -0.25) is 0 Å². The molecule has 1 atom stereocenters. The van der Waals surface area contributed by atoms with Crippen molar-refractivity contribution in [2.45, 2.75) is 40.3 Å². The highest BCUT2D eigenvalue weighted by atomic mass is 15.0. The van der Waals surface area contributed by atoms with Crippen molar-refractivity contribution in [3.05, 3.63) is 52.6 Å². The van der Waals surface area contributed by atoms with E-state index in [2.05, 4.69) is 54.3 Å². The van der Waals surface area contributed by atoms with Crippen LogP contribution in [0.4, 0.5) is 0 Å². The average molecular weight is 243 g/mol. The number of nitrogens with one attached hydrogen (secondary N) is 2. The second kappa shape index (κ2) is 5.36. The van der Waals surface area contributed by atoms with Gasteiger partial charge in [0.15, 0.2) is 0 Å². The third kappa shape index (κ3) is 2.79. The highest BCUT2D eigenvalue weighted by molar-refractivity contribution is 5.32. The molecule has 0 aliphatic heterocycles. The van der Waals surface area contributed by atoms with Gasteiger partial charge in [0.05, 0.1) is 12.0 Å². The summed E-state index contributed by atoms with van der Waals surface area (Å²) in [6.07, 6.45) is 1.74. The number of rotatable bonds is 4. The molecule has 3 heteroatoms. The van der Waals surface area contributed by atoms with Gasteiger partial charge in [0.2, 0.25) is 0 Å². The van der Waals surface area contributed by atoms with E-state index in [1.54, 1.807) is 6.33 Å². The van der Waals surface area contributed by atoms with E-state index in [4.69, 9.17) is 0 Å². The molecule has 1 aromatic heterocycles. The zero-order valence-corrected chi connectivity index (χ0v) is 11.5. The molecule has 0 fully saturated rings. The number of aromatic nitrogens is 2. The van der Waals surface area contributed by atoms with Crippen LogP contribution in [0.3, 0.4) is 0 Å². The number of nitrogens with zero attached hydrogens (tertiary/aromatic N) is 1. The number of imidazole rings is 1. The summed E-state index contributed by atoms with van der Waals surface area (Å²) in [7, 11) is 0. The first-order valence-corrected chi connectivity index (χ1v) is 6.37. The van der Waals surface area contributed by atoms with Gasteiger partial charge < -0.3 is 10.3 Å². The third-order valence-corrected chi connectivity index (χ3v) is 3.40. The van der Waals surface area contributed by atoms with E-state index in [9.17, 15) is 0 Å². The minimum atomic E-state index is 0.335. The van der Waals surface area contributed by atoms with Gasteiger partial charge in [-0.25, -0.2) is 4.98 Å². The molecule has 1 unspecified atom stereocenters. The van der Waals surface area contributed by atoms with E-state index in [1.807, 2.05) is 6.92 Å². The zero-order chi connectivity index (χ0) is 13.1. The number of aromatic amines is 1. The topological polar surface area (TPSA) is 40.7 Å². The Morgan fingerprint density at radius 3 is 2.67 bits per heavy atom. The van der Waals surface area contributed by atoms with Crippen molar-refractivity contribution in [1.29, 1.82) is 0 Å². The number of hydrogen-bond acceptors (Lipinski definition) is 2. The summed E-state index contributed by atoms with van der Waals surface area (Å²) in [5.74, 6) is 0. The van der Waals surface area contributed by atoms with Gasteiger partial charge in [-0.1, -0.05) is 23.8 Å².